The van der Waals surface area contributed by atoms with Crippen LogP contribution in [0.15, 0.2) is 53.4 Å². The molecule has 3 nitrogen and oxygen atoms in total. The topological polar surface area (TPSA) is 37.4 Å². The number of alkyl halides is 3. The van der Waals surface area contributed by atoms with Gasteiger partial charge in [-0.05, 0) is 54.8 Å². The molecule has 0 aliphatic carbocycles. The van der Waals surface area contributed by atoms with Crippen molar-refractivity contribution in [3.63, 3.8) is 0 Å². The molecule has 0 radical (unpaired) electrons. The van der Waals surface area contributed by atoms with E-state index in [4.69, 9.17) is 0 Å². The van der Waals surface area contributed by atoms with Crippen LogP contribution >= 0.6 is 0 Å². The van der Waals surface area contributed by atoms with Gasteiger partial charge in [-0.1, -0.05) is 12.1 Å². The zero-order chi connectivity index (χ0) is 18.2. The zero-order valence-electron chi connectivity index (χ0n) is 13.0. The summed E-state index contributed by atoms with van der Waals surface area (Å²) in [7, 11) is -3.94. The number of sulfonamides is 1. The third-order valence-electron chi connectivity index (χ3n) is 4.25. The van der Waals surface area contributed by atoms with Gasteiger partial charge in [0.15, 0.2) is 0 Å². The van der Waals surface area contributed by atoms with E-state index in [-0.39, 0.29) is 11.4 Å². The predicted molar refractivity (Wildman–Crippen MR) is 83.7 cm³/mol. The second-order valence-corrected chi connectivity index (χ2v) is 7.74. The fraction of sp³-hybridized carbons (Fsp3) is 0.294. The van der Waals surface area contributed by atoms with Crippen molar-refractivity contribution < 1.29 is 26.0 Å². The Morgan fingerprint density at radius 1 is 0.960 bits per heavy atom. The molecule has 1 saturated heterocycles. The van der Waals surface area contributed by atoms with E-state index in [1.807, 2.05) is 0 Å². The first kappa shape index (κ1) is 17.9. The SMILES string of the molecule is O=S(=O)(c1ccc(C(F)(F)F)cc1)N1CCCC1c1ccc(F)cc1. The monoisotopic (exact) mass is 373 g/mol. The standard InChI is InChI=1S/C17H15F4NO2S/c18-14-7-3-12(4-8-14)16-2-1-11-22(16)25(23,24)15-9-5-13(6-10-15)17(19,20)21/h3-10,16H,1-2,11H2. The highest BCUT2D eigenvalue weighted by Crippen LogP contribution is 2.37. The molecule has 2 aromatic carbocycles. The molecule has 0 spiro atoms. The van der Waals surface area contributed by atoms with Gasteiger partial charge in [-0.25, -0.2) is 12.8 Å². The predicted octanol–water partition coefficient (Wildman–Crippen LogP) is 4.37. The lowest BCUT2D eigenvalue weighted by Crippen LogP contribution is -2.30. The van der Waals surface area contributed by atoms with Crippen molar-refractivity contribution in [1.82, 2.24) is 4.31 Å². The third-order valence-corrected chi connectivity index (χ3v) is 6.17. The molecule has 3 rings (SSSR count). The Kier molecular flexibility index (Phi) is 4.59. The molecule has 1 aliphatic heterocycles. The Morgan fingerprint density at radius 2 is 1.56 bits per heavy atom. The van der Waals surface area contributed by atoms with Crippen molar-refractivity contribution in [2.45, 2.75) is 30.0 Å². The molecule has 0 N–H and O–H groups in total. The van der Waals surface area contributed by atoms with E-state index in [2.05, 4.69) is 0 Å². The van der Waals surface area contributed by atoms with Crippen LogP contribution in [0.1, 0.15) is 30.0 Å². The summed E-state index contributed by atoms with van der Waals surface area (Å²) in [6, 6.07) is 8.59. The lowest BCUT2D eigenvalue weighted by Gasteiger charge is -2.24. The van der Waals surface area contributed by atoms with Crippen molar-refractivity contribution in [3.8, 4) is 0 Å². The third kappa shape index (κ3) is 3.55. The minimum absolute atomic E-state index is 0.186. The Balaban J connectivity index is 1.92. The van der Waals surface area contributed by atoms with Gasteiger partial charge in [-0.3, -0.25) is 0 Å². The Bertz CT molecular complexity index is 846. The first-order valence-electron chi connectivity index (χ1n) is 7.64. The molecule has 0 bridgehead atoms. The average molecular weight is 373 g/mol. The molecule has 1 heterocycles. The van der Waals surface area contributed by atoms with E-state index in [1.165, 1.54) is 28.6 Å². The number of rotatable bonds is 3. The molecular formula is C17H15F4NO2S. The van der Waals surface area contributed by atoms with E-state index in [1.54, 1.807) is 0 Å². The zero-order valence-corrected chi connectivity index (χ0v) is 13.8. The number of benzene rings is 2. The lowest BCUT2D eigenvalue weighted by molar-refractivity contribution is -0.137. The molecule has 1 aliphatic rings. The van der Waals surface area contributed by atoms with E-state index < -0.39 is 33.6 Å². The lowest BCUT2D eigenvalue weighted by atomic mass is 10.1. The maximum Gasteiger partial charge on any atom is 0.416 e. The highest BCUT2D eigenvalue weighted by molar-refractivity contribution is 7.89. The van der Waals surface area contributed by atoms with Crippen molar-refractivity contribution in [2.24, 2.45) is 0 Å². The summed E-state index contributed by atoms with van der Waals surface area (Å²) < 4.78 is 77.9. The van der Waals surface area contributed by atoms with E-state index in [0.717, 1.165) is 24.3 Å². The van der Waals surface area contributed by atoms with Gasteiger partial charge in [0.05, 0.1) is 16.5 Å². The van der Waals surface area contributed by atoms with E-state index in [9.17, 15) is 26.0 Å². The molecule has 0 aromatic heterocycles. The van der Waals surface area contributed by atoms with Crippen molar-refractivity contribution in [3.05, 3.63) is 65.5 Å². The highest BCUT2D eigenvalue weighted by atomic mass is 32.2. The smallest absolute Gasteiger partial charge is 0.207 e. The fourth-order valence-corrected chi connectivity index (χ4v) is 4.68. The van der Waals surface area contributed by atoms with Crippen LogP contribution in [0.5, 0.6) is 0 Å². The van der Waals surface area contributed by atoms with E-state index >= 15 is 0 Å². The quantitative estimate of drug-likeness (QED) is 0.750. The normalized spacial score (nSPS) is 19.3. The summed E-state index contributed by atoms with van der Waals surface area (Å²) in [5, 5.41) is 0. The van der Waals surface area contributed by atoms with Crippen LogP contribution in [0.3, 0.4) is 0 Å². The summed E-state index contributed by atoms with van der Waals surface area (Å²) in [5.41, 5.74) is -0.239. The van der Waals surface area contributed by atoms with Gasteiger partial charge < -0.3 is 0 Å². The molecule has 1 atom stereocenters. The Labute approximate surface area is 142 Å². The molecule has 134 valence electrons. The van der Waals surface area contributed by atoms with Crippen LogP contribution in [-0.4, -0.2) is 19.3 Å². The summed E-state index contributed by atoms with van der Waals surface area (Å²) in [6.07, 6.45) is -3.32. The minimum Gasteiger partial charge on any atom is -0.207 e. The number of halogens is 4. The first-order chi connectivity index (χ1) is 11.7. The van der Waals surface area contributed by atoms with Gasteiger partial charge in [0.25, 0.3) is 0 Å². The van der Waals surface area contributed by atoms with Gasteiger partial charge in [0.1, 0.15) is 5.82 Å². The van der Waals surface area contributed by atoms with Crippen LogP contribution in [0, 0.1) is 5.82 Å². The van der Waals surface area contributed by atoms with Gasteiger partial charge in [0.2, 0.25) is 10.0 Å². The Morgan fingerprint density at radius 3 is 2.12 bits per heavy atom. The van der Waals surface area contributed by atoms with Crippen LogP contribution in [0.4, 0.5) is 17.6 Å². The molecule has 25 heavy (non-hydrogen) atoms. The maximum atomic E-state index is 13.1. The van der Waals surface area contributed by atoms with Crippen molar-refractivity contribution in [1.29, 1.82) is 0 Å². The molecular weight excluding hydrogens is 358 g/mol. The highest BCUT2D eigenvalue weighted by Gasteiger charge is 2.37. The number of hydrogen-bond acceptors (Lipinski definition) is 2. The van der Waals surface area contributed by atoms with Gasteiger partial charge in [-0.2, -0.15) is 17.5 Å². The first-order valence-corrected chi connectivity index (χ1v) is 9.08. The number of hydrogen-bond donors (Lipinski definition) is 0. The van der Waals surface area contributed by atoms with Gasteiger partial charge >= 0.3 is 6.18 Å². The molecule has 0 saturated carbocycles. The molecule has 2 aromatic rings. The fourth-order valence-electron chi connectivity index (χ4n) is 3.00. The summed E-state index contributed by atoms with van der Waals surface area (Å²) >= 11 is 0. The summed E-state index contributed by atoms with van der Waals surface area (Å²) in [6.45, 7) is 0.269. The van der Waals surface area contributed by atoms with Crippen LogP contribution < -0.4 is 0 Å². The average Bonchev–Trinajstić information content (AvgIpc) is 3.05. The minimum atomic E-state index is -4.52. The molecule has 1 fully saturated rings. The Hall–Kier alpha value is -1.93. The summed E-state index contributed by atoms with van der Waals surface area (Å²) in [4.78, 5) is -0.186. The summed E-state index contributed by atoms with van der Waals surface area (Å²) in [5.74, 6) is -0.418. The van der Waals surface area contributed by atoms with E-state index in [0.29, 0.717) is 18.4 Å². The van der Waals surface area contributed by atoms with Crippen LogP contribution in [0.25, 0.3) is 0 Å². The second-order valence-electron chi connectivity index (χ2n) is 5.85. The maximum absolute atomic E-state index is 13.1. The van der Waals surface area contributed by atoms with Gasteiger partial charge in [0, 0.05) is 6.54 Å². The van der Waals surface area contributed by atoms with Gasteiger partial charge in [-0.15, -0.1) is 0 Å². The second kappa shape index (κ2) is 6.42. The van der Waals surface area contributed by atoms with Crippen LogP contribution in [0.2, 0.25) is 0 Å². The molecule has 8 heteroatoms. The largest absolute Gasteiger partial charge is 0.416 e. The molecule has 0 amide bonds. The van der Waals surface area contributed by atoms with Crippen molar-refractivity contribution in [2.75, 3.05) is 6.54 Å². The molecule has 1 unspecified atom stereocenters. The number of nitrogens with zero attached hydrogens (tertiary/aromatic N) is 1. The van der Waals surface area contributed by atoms with Crippen LogP contribution in [-0.2, 0) is 16.2 Å². The van der Waals surface area contributed by atoms with Crippen molar-refractivity contribution >= 4 is 10.0 Å².